The summed E-state index contributed by atoms with van der Waals surface area (Å²) in [4.78, 5) is 10.3. The van der Waals surface area contributed by atoms with Gasteiger partial charge >= 0.3 is 0 Å². The van der Waals surface area contributed by atoms with Crippen LogP contribution in [0.25, 0.3) is 11.1 Å². The van der Waals surface area contributed by atoms with Crippen molar-refractivity contribution in [1.82, 2.24) is 0 Å². The zero-order valence-electron chi connectivity index (χ0n) is 36.8. The van der Waals surface area contributed by atoms with Gasteiger partial charge in [-0.25, -0.2) is 9.98 Å². The highest BCUT2D eigenvalue weighted by Gasteiger charge is 2.17. The maximum Gasteiger partial charge on any atom is 0.138 e. The summed E-state index contributed by atoms with van der Waals surface area (Å²) in [6.45, 7) is 26.8. The highest BCUT2D eigenvalue weighted by molar-refractivity contribution is 6.10. The van der Waals surface area contributed by atoms with Crippen molar-refractivity contribution in [1.29, 1.82) is 0 Å². The van der Waals surface area contributed by atoms with Crippen LogP contribution in [0, 0.1) is 0 Å². The summed E-state index contributed by atoms with van der Waals surface area (Å²) in [6, 6.07) is 51.8. The minimum Gasteiger partial charge on any atom is -0.340 e. The van der Waals surface area contributed by atoms with E-state index < -0.39 is 0 Å². The lowest BCUT2D eigenvalue weighted by molar-refractivity contribution is 0.590. The van der Waals surface area contributed by atoms with Crippen LogP contribution in [0.5, 0.6) is 0 Å². The van der Waals surface area contributed by atoms with Crippen molar-refractivity contribution in [3.63, 3.8) is 0 Å². The van der Waals surface area contributed by atoms with Crippen molar-refractivity contribution in [3.8, 4) is 11.1 Å². The minimum absolute atomic E-state index is 0.0772. The Kier molecular flexibility index (Phi) is 12.0. The maximum absolute atomic E-state index is 5.14. The first-order valence-corrected chi connectivity index (χ1v) is 20.6. The van der Waals surface area contributed by atoms with E-state index in [1.165, 1.54) is 22.3 Å². The lowest BCUT2D eigenvalue weighted by atomic mass is 9.87. The highest BCUT2D eigenvalue weighted by Crippen LogP contribution is 2.30. The second-order valence-corrected chi connectivity index (χ2v) is 19.6. The van der Waals surface area contributed by atoms with E-state index in [1.807, 2.05) is 0 Å². The van der Waals surface area contributed by atoms with E-state index in [-0.39, 0.29) is 21.7 Å². The molecule has 0 aromatic heterocycles. The molecule has 0 spiro atoms. The van der Waals surface area contributed by atoms with Gasteiger partial charge in [0.2, 0.25) is 0 Å². The van der Waals surface area contributed by atoms with Crippen molar-refractivity contribution < 1.29 is 0 Å². The van der Waals surface area contributed by atoms with Crippen LogP contribution >= 0.6 is 0 Å². The Balaban J connectivity index is 1.29. The molecule has 0 aliphatic carbocycles. The van der Waals surface area contributed by atoms with Gasteiger partial charge in [-0.3, -0.25) is 0 Å². The Labute approximate surface area is 348 Å². The van der Waals surface area contributed by atoms with Crippen LogP contribution in [0.4, 0.5) is 22.7 Å². The molecule has 298 valence electrons. The van der Waals surface area contributed by atoms with Crippen molar-refractivity contribution in [2.75, 3.05) is 10.6 Å². The number of hydrogen-bond donors (Lipinski definition) is 2. The van der Waals surface area contributed by atoms with Crippen molar-refractivity contribution >= 4 is 34.4 Å². The number of anilines is 2. The average Bonchev–Trinajstić information content (AvgIpc) is 3.17. The van der Waals surface area contributed by atoms with Gasteiger partial charge in [-0.05, 0) is 104 Å². The fourth-order valence-corrected chi connectivity index (χ4v) is 6.68. The first-order chi connectivity index (χ1) is 27.2. The molecule has 0 aliphatic rings. The summed E-state index contributed by atoms with van der Waals surface area (Å²) < 4.78 is 0. The minimum atomic E-state index is 0.0772. The molecule has 0 unspecified atom stereocenters. The van der Waals surface area contributed by atoms with Gasteiger partial charge in [-0.1, -0.05) is 180 Å². The van der Waals surface area contributed by atoms with Crippen LogP contribution in [0.3, 0.4) is 0 Å². The van der Waals surface area contributed by atoms with Crippen LogP contribution in [0.1, 0.15) is 116 Å². The number of hydrogen-bond acceptors (Lipinski definition) is 2. The van der Waals surface area contributed by atoms with Crippen LogP contribution in [0.2, 0.25) is 0 Å². The molecule has 4 heteroatoms. The van der Waals surface area contributed by atoms with Crippen molar-refractivity contribution in [2.45, 2.75) is 105 Å². The quantitative estimate of drug-likeness (QED) is 0.126. The first kappa shape index (κ1) is 41.9. The van der Waals surface area contributed by atoms with E-state index in [9.17, 15) is 0 Å². The Morgan fingerprint density at radius 1 is 0.310 bits per heavy atom. The van der Waals surface area contributed by atoms with Crippen molar-refractivity contribution in [2.24, 2.45) is 9.98 Å². The molecule has 0 amide bonds. The third-order valence-electron chi connectivity index (χ3n) is 10.6. The maximum atomic E-state index is 5.14. The van der Waals surface area contributed by atoms with Gasteiger partial charge in [0.25, 0.3) is 0 Å². The second-order valence-electron chi connectivity index (χ2n) is 19.6. The molecule has 58 heavy (non-hydrogen) atoms. The molecule has 0 saturated carbocycles. The standard InChI is InChI=1S/C54H62N4/c1-51(2,3)41-21-29-45(30-22-41)55-49(56-46-31-23-42(24-32-46)52(4,5)6)39-17-13-37(14-18-39)38-15-19-40(20-16-38)50(57-47-33-25-43(26-34-47)53(7,8)9)58-48-35-27-44(28-36-48)54(10,11)12/h13-36H,1-12H3,(H,55,56)(H,57,58). The van der Waals surface area contributed by atoms with Gasteiger partial charge in [-0.15, -0.1) is 0 Å². The van der Waals surface area contributed by atoms with Crippen LogP contribution < -0.4 is 10.6 Å². The molecule has 0 atom stereocenters. The summed E-state index contributed by atoms with van der Waals surface area (Å²) in [6.07, 6.45) is 0. The van der Waals surface area contributed by atoms with Crippen LogP contribution in [0.15, 0.2) is 156 Å². The zero-order valence-corrected chi connectivity index (χ0v) is 36.8. The number of amidine groups is 2. The smallest absolute Gasteiger partial charge is 0.138 e. The lowest BCUT2D eigenvalue weighted by Gasteiger charge is -2.20. The van der Waals surface area contributed by atoms with Gasteiger partial charge < -0.3 is 10.6 Å². The molecule has 0 heterocycles. The summed E-state index contributed by atoms with van der Waals surface area (Å²) in [5, 5.41) is 7.27. The summed E-state index contributed by atoms with van der Waals surface area (Å²) in [5.74, 6) is 1.60. The monoisotopic (exact) mass is 766 g/mol. The molecule has 4 nitrogen and oxygen atoms in total. The van der Waals surface area contributed by atoms with Gasteiger partial charge in [0.1, 0.15) is 11.7 Å². The fraction of sp³-hybridized carbons (Fsp3) is 0.296. The molecule has 0 saturated heterocycles. The second kappa shape index (κ2) is 16.6. The Morgan fingerprint density at radius 3 is 0.793 bits per heavy atom. The summed E-state index contributed by atoms with van der Waals surface area (Å²) >= 11 is 0. The molecule has 0 bridgehead atoms. The molecule has 2 N–H and O–H groups in total. The van der Waals surface area contributed by atoms with E-state index in [0.29, 0.717) is 0 Å². The van der Waals surface area contributed by atoms with E-state index in [1.54, 1.807) is 0 Å². The van der Waals surface area contributed by atoms with E-state index in [4.69, 9.17) is 9.98 Å². The van der Waals surface area contributed by atoms with Crippen molar-refractivity contribution in [3.05, 3.63) is 179 Å². The lowest BCUT2D eigenvalue weighted by Crippen LogP contribution is -2.15. The normalized spacial score (nSPS) is 13.0. The molecule has 6 aromatic carbocycles. The Hall–Kier alpha value is -5.74. The fourth-order valence-electron chi connectivity index (χ4n) is 6.68. The van der Waals surface area contributed by atoms with E-state index in [0.717, 1.165) is 56.7 Å². The van der Waals surface area contributed by atoms with E-state index >= 15 is 0 Å². The number of rotatable bonds is 7. The van der Waals surface area contributed by atoms with Crippen LogP contribution in [-0.4, -0.2) is 11.7 Å². The third-order valence-corrected chi connectivity index (χ3v) is 10.6. The molecule has 0 aliphatic heterocycles. The number of nitrogens with zero attached hydrogens (tertiary/aromatic N) is 2. The predicted octanol–water partition coefficient (Wildman–Crippen LogP) is 14.9. The number of aliphatic imine (C=N–C) groups is 2. The molecule has 0 fully saturated rings. The molecule has 0 radical (unpaired) electrons. The van der Waals surface area contributed by atoms with Gasteiger partial charge in [-0.2, -0.15) is 0 Å². The van der Waals surface area contributed by atoms with Crippen LogP contribution in [-0.2, 0) is 21.7 Å². The average molecular weight is 767 g/mol. The molecule has 6 aromatic rings. The highest BCUT2D eigenvalue weighted by atomic mass is 15.0. The predicted molar refractivity (Wildman–Crippen MR) is 252 cm³/mol. The molecular formula is C54H62N4. The third kappa shape index (κ3) is 10.8. The van der Waals surface area contributed by atoms with Gasteiger partial charge in [0.15, 0.2) is 0 Å². The Morgan fingerprint density at radius 2 is 0.552 bits per heavy atom. The Bertz CT molecular complexity index is 2160. The summed E-state index contributed by atoms with van der Waals surface area (Å²) in [7, 11) is 0. The first-order valence-electron chi connectivity index (χ1n) is 20.6. The summed E-state index contributed by atoms with van der Waals surface area (Å²) in [5.41, 5.74) is 13.6. The molecular weight excluding hydrogens is 705 g/mol. The van der Waals surface area contributed by atoms with E-state index in [2.05, 4.69) is 239 Å². The number of benzene rings is 6. The zero-order chi connectivity index (χ0) is 41.9. The topological polar surface area (TPSA) is 48.8 Å². The number of nitrogens with one attached hydrogen (secondary N) is 2. The molecule has 6 rings (SSSR count). The SMILES string of the molecule is CC(C)(C)c1ccc(N=C(Nc2ccc(C(C)(C)C)cc2)c2ccc(-c3ccc(C(=Nc4ccc(C(C)(C)C)cc4)Nc4ccc(C(C)(C)C)cc4)cc3)cc2)cc1. The largest absolute Gasteiger partial charge is 0.340 e. The van der Waals surface area contributed by atoms with Gasteiger partial charge in [0, 0.05) is 22.5 Å². The van der Waals surface area contributed by atoms with Gasteiger partial charge in [0.05, 0.1) is 11.4 Å².